The zero-order chi connectivity index (χ0) is 16.1. The van der Waals surface area contributed by atoms with Gasteiger partial charge < -0.3 is 5.32 Å². The maximum atomic E-state index is 12.2. The van der Waals surface area contributed by atoms with Crippen molar-refractivity contribution >= 4 is 21.8 Å². The number of pyridine rings is 1. The number of nitrogens with one attached hydrogen (secondary N) is 1. The first-order chi connectivity index (χ1) is 11.2. The van der Waals surface area contributed by atoms with Gasteiger partial charge in [0, 0.05) is 36.0 Å². The van der Waals surface area contributed by atoms with Crippen LogP contribution in [0.1, 0.15) is 28.8 Å². The fourth-order valence-electron chi connectivity index (χ4n) is 2.93. The Hall–Kier alpha value is -1.72. The van der Waals surface area contributed by atoms with Crippen LogP contribution >= 0.6 is 15.9 Å². The minimum atomic E-state index is -0.0337. The molecule has 5 heteroatoms. The third kappa shape index (κ3) is 4.62. The van der Waals surface area contributed by atoms with Gasteiger partial charge in [0.2, 0.25) is 0 Å². The summed E-state index contributed by atoms with van der Waals surface area (Å²) in [7, 11) is 0. The Bertz CT molecular complexity index is 645. The van der Waals surface area contributed by atoms with E-state index in [2.05, 4.69) is 55.4 Å². The first-order valence-corrected chi connectivity index (χ1v) is 8.68. The van der Waals surface area contributed by atoms with Gasteiger partial charge in [0.1, 0.15) is 0 Å². The van der Waals surface area contributed by atoms with Gasteiger partial charge in [-0.1, -0.05) is 28.1 Å². The largest absolute Gasteiger partial charge is 0.348 e. The molecule has 120 valence electrons. The zero-order valence-corrected chi connectivity index (χ0v) is 14.5. The van der Waals surface area contributed by atoms with Crippen molar-refractivity contribution in [1.82, 2.24) is 15.2 Å². The summed E-state index contributed by atoms with van der Waals surface area (Å²) in [5.41, 5.74) is 1.92. The molecule has 1 unspecified atom stereocenters. The molecule has 1 saturated heterocycles. The fraction of sp³-hybridized carbons (Fsp3) is 0.333. The fourth-order valence-corrected chi connectivity index (χ4v) is 3.20. The molecule has 4 nitrogen and oxygen atoms in total. The molecule has 2 heterocycles. The van der Waals surface area contributed by atoms with Crippen molar-refractivity contribution in [3.05, 3.63) is 64.4 Å². The lowest BCUT2D eigenvalue weighted by Gasteiger charge is -2.33. The number of carbonyl (C=O) groups excluding carboxylic acids is 1. The van der Waals surface area contributed by atoms with Gasteiger partial charge in [-0.05, 0) is 49.2 Å². The second-order valence-corrected chi connectivity index (χ2v) is 6.83. The Morgan fingerprint density at radius 3 is 2.87 bits per heavy atom. The van der Waals surface area contributed by atoms with Crippen LogP contribution in [0.5, 0.6) is 0 Å². The van der Waals surface area contributed by atoms with Gasteiger partial charge in [-0.3, -0.25) is 14.7 Å². The highest BCUT2D eigenvalue weighted by atomic mass is 79.9. The van der Waals surface area contributed by atoms with Crippen LogP contribution < -0.4 is 5.32 Å². The molecule has 0 spiro atoms. The highest BCUT2D eigenvalue weighted by molar-refractivity contribution is 9.10. The van der Waals surface area contributed by atoms with Gasteiger partial charge >= 0.3 is 0 Å². The van der Waals surface area contributed by atoms with Gasteiger partial charge in [-0.25, -0.2) is 0 Å². The zero-order valence-electron chi connectivity index (χ0n) is 12.9. The van der Waals surface area contributed by atoms with E-state index < -0.39 is 0 Å². The van der Waals surface area contributed by atoms with E-state index in [1.54, 1.807) is 24.5 Å². The predicted octanol–water partition coefficient (Wildman–Crippen LogP) is 3.24. The molecule has 1 N–H and O–H groups in total. The lowest BCUT2D eigenvalue weighted by atomic mass is 10.0. The maximum Gasteiger partial charge on any atom is 0.253 e. The normalized spacial score (nSPS) is 18.6. The lowest BCUT2D eigenvalue weighted by Crippen LogP contribution is -2.47. The molecular weight excluding hydrogens is 354 g/mol. The quantitative estimate of drug-likeness (QED) is 0.894. The van der Waals surface area contributed by atoms with Crippen LogP contribution in [0.3, 0.4) is 0 Å². The van der Waals surface area contributed by atoms with E-state index >= 15 is 0 Å². The number of hydrogen-bond acceptors (Lipinski definition) is 3. The number of hydrogen-bond donors (Lipinski definition) is 1. The first-order valence-electron chi connectivity index (χ1n) is 7.88. The van der Waals surface area contributed by atoms with Crippen molar-refractivity contribution in [3.8, 4) is 0 Å². The van der Waals surface area contributed by atoms with Crippen LogP contribution in [0, 0.1) is 0 Å². The maximum absolute atomic E-state index is 12.2. The Kier molecular flexibility index (Phi) is 5.41. The average molecular weight is 374 g/mol. The monoisotopic (exact) mass is 373 g/mol. The number of aromatic nitrogens is 1. The molecule has 3 rings (SSSR count). The summed E-state index contributed by atoms with van der Waals surface area (Å²) in [6.07, 6.45) is 5.42. The highest BCUT2D eigenvalue weighted by Gasteiger charge is 2.21. The predicted molar refractivity (Wildman–Crippen MR) is 94.1 cm³/mol. The van der Waals surface area contributed by atoms with Crippen molar-refractivity contribution in [2.45, 2.75) is 25.4 Å². The molecular formula is C18H20BrN3O. The number of benzene rings is 1. The molecule has 23 heavy (non-hydrogen) atoms. The summed E-state index contributed by atoms with van der Waals surface area (Å²) < 4.78 is 1.10. The number of rotatable bonds is 4. The highest BCUT2D eigenvalue weighted by Crippen LogP contribution is 2.16. The van der Waals surface area contributed by atoms with Gasteiger partial charge in [0.05, 0.1) is 5.56 Å². The minimum absolute atomic E-state index is 0.0337. The average Bonchev–Trinajstić information content (AvgIpc) is 2.58. The van der Waals surface area contributed by atoms with Gasteiger partial charge in [0.15, 0.2) is 0 Å². The first kappa shape index (κ1) is 16.1. The number of likely N-dealkylation sites (tertiary alicyclic amines) is 1. The van der Waals surface area contributed by atoms with Crippen LogP contribution in [-0.4, -0.2) is 34.9 Å². The molecule has 0 aliphatic carbocycles. The Morgan fingerprint density at radius 1 is 1.30 bits per heavy atom. The number of amides is 1. The molecule has 0 radical (unpaired) electrons. The molecule has 1 aliphatic heterocycles. The standard InChI is InChI=1S/C18H20BrN3O/c19-16-7-5-14(6-8-16)12-22-10-2-4-17(13-22)21-18(23)15-3-1-9-20-11-15/h1,3,5-9,11,17H,2,4,10,12-13H2,(H,21,23). The van der Waals surface area contributed by atoms with Crippen LogP contribution in [0.25, 0.3) is 0 Å². The van der Waals surface area contributed by atoms with Crippen molar-refractivity contribution in [2.75, 3.05) is 13.1 Å². The molecule has 1 aromatic heterocycles. The Labute approximate surface area is 145 Å². The SMILES string of the molecule is O=C(NC1CCCN(Cc2ccc(Br)cc2)C1)c1cccnc1. The molecule has 0 saturated carbocycles. The van der Waals surface area contributed by atoms with Crippen LogP contribution in [0.2, 0.25) is 0 Å². The second-order valence-electron chi connectivity index (χ2n) is 5.92. The van der Waals surface area contributed by atoms with Crippen molar-refractivity contribution in [3.63, 3.8) is 0 Å². The van der Waals surface area contributed by atoms with Crippen LogP contribution in [0.4, 0.5) is 0 Å². The molecule has 1 aromatic carbocycles. The molecule has 1 fully saturated rings. The summed E-state index contributed by atoms with van der Waals surface area (Å²) in [5.74, 6) is -0.0337. The van der Waals surface area contributed by atoms with Gasteiger partial charge in [-0.15, -0.1) is 0 Å². The van der Waals surface area contributed by atoms with Crippen molar-refractivity contribution < 1.29 is 4.79 Å². The Morgan fingerprint density at radius 2 is 2.13 bits per heavy atom. The number of halogens is 1. The Balaban J connectivity index is 1.55. The molecule has 1 atom stereocenters. The van der Waals surface area contributed by atoms with Crippen molar-refractivity contribution in [2.24, 2.45) is 0 Å². The van der Waals surface area contributed by atoms with Gasteiger partial charge in [0.25, 0.3) is 5.91 Å². The number of piperidine rings is 1. The number of nitrogens with zero attached hydrogens (tertiary/aromatic N) is 2. The van der Waals surface area contributed by atoms with E-state index in [0.29, 0.717) is 5.56 Å². The molecule has 2 aromatic rings. The van der Waals surface area contributed by atoms with E-state index in [9.17, 15) is 4.79 Å². The lowest BCUT2D eigenvalue weighted by molar-refractivity contribution is 0.0900. The third-order valence-electron chi connectivity index (χ3n) is 4.08. The minimum Gasteiger partial charge on any atom is -0.348 e. The van der Waals surface area contributed by atoms with Crippen LogP contribution in [-0.2, 0) is 6.54 Å². The summed E-state index contributed by atoms with van der Waals surface area (Å²) in [4.78, 5) is 18.6. The molecule has 1 aliphatic rings. The van der Waals surface area contributed by atoms with E-state index in [-0.39, 0.29) is 11.9 Å². The van der Waals surface area contributed by atoms with E-state index in [1.807, 2.05) is 0 Å². The summed E-state index contributed by atoms with van der Waals surface area (Å²) in [6.45, 7) is 2.89. The van der Waals surface area contributed by atoms with Gasteiger partial charge in [-0.2, -0.15) is 0 Å². The second kappa shape index (κ2) is 7.70. The topological polar surface area (TPSA) is 45.2 Å². The summed E-state index contributed by atoms with van der Waals surface area (Å²) in [5, 5.41) is 3.13. The molecule has 0 bridgehead atoms. The summed E-state index contributed by atoms with van der Waals surface area (Å²) in [6, 6.07) is 12.2. The van der Waals surface area contributed by atoms with E-state index in [0.717, 1.165) is 36.9 Å². The van der Waals surface area contributed by atoms with E-state index in [4.69, 9.17) is 0 Å². The van der Waals surface area contributed by atoms with Crippen LogP contribution in [0.15, 0.2) is 53.3 Å². The summed E-state index contributed by atoms with van der Waals surface area (Å²) >= 11 is 3.46. The van der Waals surface area contributed by atoms with Crippen molar-refractivity contribution in [1.29, 1.82) is 0 Å². The third-order valence-corrected chi connectivity index (χ3v) is 4.61. The smallest absolute Gasteiger partial charge is 0.253 e. The number of carbonyl (C=O) groups is 1. The van der Waals surface area contributed by atoms with E-state index in [1.165, 1.54) is 5.56 Å². The molecule has 1 amide bonds.